The molecule has 0 aliphatic rings. The molecule has 7 heavy (non-hydrogen) atoms. The van der Waals surface area contributed by atoms with E-state index < -0.39 is 5.83 Å². The van der Waals surface area contributed by atoms with Crippen LogP contribution in [-0.4, -0.2) is 5.37 Å². The minimum atomic E-state index is -0.426. The van der Waals surface area contributed by atoms with Gasteiger partial charge in [0.2, 0.25) is 0 Å². The maximum absolute atomic E-state index is 11.8. The van der Waals surface area contributed by atoms with E-state index in [9.17, 15) is 4.39 Å². The summed E-state index contributed by atoms with van der Waals surface area (Å²) in [4.78, 5) is 0. The number of allylic oxidation sites excluding steroid dienone is 3. The summed E-state index contributed by atoms with van der Waals surface area (Å²) in [5.41, 5.74) is 0. The Morgan fingerprint density at radius 3 is 2.43 bits per heavy atom. The van der Waals surface area contributed by atoms with Crippen molar-refractivity contribution < 1.29 is 4.39 Å². The fraction of sp³-hybridized carbons (Fsp3) is 0. The van der Waals surface area contributed by atoms with Crippen molar-refractivity contribution in [2.45, 2.75) is 0 Å². The van der Waals surface area contributed by atoms with E-state index in [1.165, 1.54) is 12.2 Å². The molecule has 0 aromatic carbocycles. The summed E-state index contributed by atoms with van der Waals surface area (Å²) in [5, 5.41) is 0.960. The molecule has 0 bridgehead atoms. The van der Waals surface area contributed by atoms with Crippen molar-refractivity contribution in [3.05, 3.63) is 24.6 Å². The molecule has 0 nitrogen and oxygen atoms in total. The Bertz CT molecular complexity index is 105. The molecule has 0 fully saturated rings. The van der Waals surface area contributed by atoms with Crippen LogP contribution in [0.15, 0.2) is 24.6 Å². The van der Waals surface area contributed by atoms with Crippen molar-refractivity contribution in [2.24, 2.45) is 0 Å². The third-order valence-corrected chi connectivity index (χ3v) is 0.615. The lowest BCUT2D eigenvalue weighted by molar-refractivity contribution is 0.689. The van der Waals surface area contributed by atoms with Crippen LogP contribution in [0.5, 0.6) is 0 Å². The van der Waals surface area contributed by atoms with Gasteiger partial charge in [0.05, 0.1) is 0 Å². The molecule has 0 spiro atoms. The number of hydrogen-bond acceptors (Lipinski definition) is 1. The van der Waals surface area contributed by atoms with Gasteiger partial charge in [-0.15, -0.1) is 0 Å². The minimum absolute atomic E-state index is 0.426. The highest BCUT2D eigenvalue weighted by Gasteiger charge is 1.77. The first-order valence-corrected chi connectivity index (χ1v) is 2.22. The van der Waals surface area contributed by atoms with Crippen molar-refractivity contribution in [3.63, 3.8) is 0 Å². The molecule has 0 atom stereocenters. The monoisotopic (exact) mass is 116 g/mol. The number of thiocarbonyl (C=S) groups is 1. The number of hydrogen-bond donors (Lipinski definition) is 0. The smallest absolute Gasteiger partial charge is 0.133 e. The summed E-state index contributed by atoms with van der Waals surface area (Å²) in [6.07, 6.45) is 2.55. The van der Waals surface area contributed by atoms with Crippen LogP contribution in [0, 0.1) is 0 Å². The molecule has 0 N–H and O–H groups in total. The minimum Gasteiger partial charge on any atom is -0.206 e. The van der Waals surface area contributed by atoms with Gasteiger partial charge in [0.25, 0.3) is 0 Å². The molecule has 2 heteroatoms. The van der Waals surface area contributed by atoms with Gasteiger partial charge in [0.1, 0.15) is 5.83 Å². The van der Waals surface area contributed by atoms with Gasteiger partial charge < -0.3 is 0 Å². The van der Waals surface area contributed by atoms with Gasteiger partial charge in [-0.25, -0.2) is 4.39 Å². The lowest BCUT2D eigenvalue weighted by atomic mass is 10.5. The van der Waals surface area contributed by atoms with E-state index in [0.29, 0.717) is 0 Å². The molecule has 0 heterocycles. The van der Waals surface area contributed by atoms with Gasteiger partial charge in [0.15, 0.2) is 0 Å². The second kappa shape index (κ2) is 3.68. The Balaban J connectivity index is 3.72. The highest BCUT2D eigenvalue weighted by atomic mass is 32.1. The Hall–Kier alpha value is -0.500. The lowest BCUT2D eigenvalue weighted by Crippen LogP contribution is -1.64. The Morgan fingerprint density at radius 1 is 1.71 bits per heavy atom. The van der Waals surface area contributed by atoms with Crippen LogP contribution < -0.4 is 0 Å². The van der Waals surface area contributed by atoms with Crippen molar-refractivity contribution in [3.8, 4) is 0 Å². The quantitative estimate of drug-likeness (QED) is 0.302. The molecule has 0 aromatic rings. The first kappa shape index (κ1) is 6.50. The Morgan fingerprint density at radius 2 is 2.29 bits per heavy atom. The van der Waals surface area contributed by atoms with Gasteiger partial charge in [-0.1, -0.05) is 24.9 Å². The molecule has 0 saturated heterocycles. The topological polar surface area (TPSA) is 0 Å². The van der Waals surface area contributed by atoms with Crippen LogP contribution in [-0.2, 0) is 0 Å². The fourth-order valence-corrected chi connectivity index (χ4v) is 0.230. The largest absolute Gasteiger partial charge is 0.206 e. The summed E-state index contributed by atoms with van der Waals surface area (Å²) < 4.78 is 11.8. The van der Waals surface area contributed by atoms with E-state index in [1.54, 1.807) is 0 Å². The standard InChI is InChI=1S/C5H5FS/c1-2-3-5(6)4-7/h2-4H,1H2/b5-3+. The van der Waals surface area contributed by atoms with Crippen LogP contribution in [0.4, 0.5) is 4.39 Å². The third-order valence-electron chi connectivity index (χ3n) is 0.390. The zero-order valence-corrected chi connectivity index (χ0v) is 4.54. The second-order valence-electron chi connectivity index (χ2n) is 0.905. The predicted molar refractivity (Wildman–Crippen MR) is 33.0 cm³/mol. The van der Waals surface area contributed by atoms with Crippen molar-refractivity contribution in [1.29, 1.82) is 0 Å². The second-order valence-corrected chi connectivity index (χ2v) is 1.14. The Labute approximate surface area is 47.3 Å². The SMILES string of the molecule is C=C/C=C(/F)C=S. The summed E-state index contributed by atoms with van der Waals surface area (Å²) >= 11 is 4.22. The summed E-state index contributed by atoms with van der Waals surface area (Å²) in [6, 6.07) is 0. The molecule has 0 amide bonds. The average Bonchev–Trinajstić information content (AvgIpc) is 1.68. The molecular weight excluding hydrogens is 111 g/mol. The van der Waals surface area contributed by atoms with Crippen molar-refractivity contribution >= 4 is 17.6 Å². The summed E-state index contributed by atoms with van der Waals surface area (Å²) in [7, 11) is 0. The van der Waals surface area contributed by atoms with Gasteiger partial charge in [-0.3, -0.25) is 0 Å². The molecule has 0 aromatic heterocycles. The normalized spacial score (nSPS) is 10.7. The van der Waals surface area contributed by atoms with Gasteiger partial charge in [-0.2, -0.15) is 0 Å². The molecular formula is C5H5FS. The molecule has 0 unspecified atom stereocenters. The van der Waals surface area contributed by atoms with Crippen molar-refractivity contribution in [1.82, 2.24) is 0 Å². The highest BCUT2D eigenvalue weighted by Crippen LogP contribution is 1.89. The van der Waals surface area contributed by atoms with Crippen LogP contribution >= 0.6 is 12.2 Å². The van der Waals surface area contributed by atoms with Gasteiger partial charge >= 0.3 is 0 Å². The maximum Gasteiger partial charge on any atom is 0.133 e. The molecule has 38 valence electrons. The third kappa shape index (κ3) is 3.33. The first-order valence-electron chi connectivity index (χ1n) is 1.74. The molecule has 0 aliphatic carbocycles. The molecule has 0 rings (SSSR count). The van der Waals surface area contributed by atoms with E-state index >= 15 is 0 Å². The van der Waals surface area contributed by atoms with E-state index in [4.69, 9.17) is 0 Å². The lowest BCUT2D eigenvalue weighted by Gasteiger charge is -1.73. The van der Waals surface area contributed by atoms with Crippen LogP contribution in [0.1, 0.15) is 0 Å². The number of rotatable bonds is 2. The van der Waals surface area contributed by atoms with E-state index in [1.807, 2.05) is 0 Å². The maximum atomic E-state index is 11.8. The van der Waals surface area contributed by atoms with Crippen molar-refractivity contribution in [2.75, 3.05) is 0 Å². The first-order chi connectivity index (χ1) is 3.31. The summed E-state index contributed by atoms with van der Waals surface area (Å²) in [6.45, 7) is 3.27. The molecule has 0 saturated carbocycles. The van der Waals surface area contributed by atoms with Crippen LogP contribution in [0.25, 0.3) is 0 Å². The van der Waals surface area contributed by atoms with Gasteiger partial charge in [0, 0.05) is 5.37 Å². The number of halogens is 1. The summed E-state index contributed by atoms with van der Waals surface area (Å²) in [5.74, 6) is -0.426. The van der Waals surface area contributed by atoms with Gasteiger partial charge in [-0.05, 0) is 6.08 Å². The molecule has 0 radical (unpaired) electrons. The fourth-order valence-electron chi connectivity index (χ4n) is 0.152. The molecule has 0 aliphatic heterocycles. The van der Waals surface area contributed by atoms with E-state index in [2.05, 4.69) is 18.8 Å². The average molecular weight is 116 g/mol. The van der Waals surface area contributed by atoms with Crippen LogP contribution in [0.3, 0.4) is 0 Å². The Kier molecular flexibility index (Phi) is 3.42. The van der Waals surface area contributed by atoms with Crippen LogP contribution in [0.2, 0.25) is 0 Å². The highest BCUT2D eigenvalue weighted by molar-refractivity contribution is 7.79. The predicted octanol–water partition coefficient (Wildman–Crippen LogP) is 2.03. The zero-order valence-electron chi connectivity index (χ0n) is 3.73. The van der Waals surface area contributed by atoms with E-state index in [0.717, 1.165) is 5.37 Å². The van der Waals surface area contributed by atoms with E-state index in [-0.39, 0.29) is 0 Å². The zero-order chi connectivity index (χ0) is 5.70.